The second-order valence-electron chi connectivity index (χ2n) is 9.01. The monoisotopic (exact) mass is 372 g/mol. The molecule has 0 bridgehead atoms. The highest BCUT2D eigenvalue weighted by atomic mass is 16.3. The van der Waals surface area contributed by atoms with Gasteiger partial charge in [0.15, 0.2) is 11.5 Å². The molecule has 146 valence electrons. The fourth-order valence-electron chi connectivity index (χ4n) is 5.59. The van der Waals surface area contributed by atoms with Gasteiger partial charge in [0.2, 0.25) is 5.78 Å². The number of aliphatic hydroxyl groups is 2. The summed E-state index contributed by atoms with van der Waals surface area (Å²) in [6.07, 6.45) is 4.24. The molecule has 0 saturated heterocycles. The second-order valence-corrected chi connectivity index (χ2v) is 9.01. The van der Waals surface area contributed by atoms with E-state index in [0.29, 0.717) is 6.42 Å². The Labute approximate surface area is 159 Å². The predicted molar refractivity (Wildman–Crippen MR) is 101 cm³/mol. The van der Waals surface area contributed by atoms with Gasteiger partial charge in [0, 0.05) is 23.0 Å². The van der Waals surface area contributed by atoms with Crippen LogP contribution in [-0.4, -0.2) is 34.2 Å². The first kappa shape index (κ1) is 19.7. The Kier molecular flexibility index (Phi) is 4.79. The number of ketones is 3. The van der Waals surface area contributed by atoms with Gasteiger partial charge in [-0.1, -0.05) is 32.9 Å². The summed E-state index contributed by atoms with van der Waals surface area (Å²) >= 11 is 0. The molecule has 0 heterocycles. The third-order valence-corrected chi connectivity index (χ3v) is 7.29. The molecule has 0 aromatic heterocycles. The molecule has 0 amide bonds. The number of hydrogen-bond acceptors (Lipinski definition) is 5. The van der Waals surface area contributed by atoms with Gasteiger partial charge in [-0.25, -0.2) is 0 Å². The van der Waals surface area contributed by atoms with Crippen LogP contribution in [-0.2, 0) is 14.4 Å². The molecule has 3 atom stereocenters. The molecule has 3 aliphatic rings. The molecule has 2 N–H and O–H groups in total. The Morgan fingerprint density at radius 1 is 1.19 bits per heavy atom. The van der Waals surface area contributed by atoms with E-state index in [9.17, 15) is 24.6 Å². The molecular formula is C22H28O5. The van der Waals surface area contributed by atoms with Gasteiger partial charge in [-0.15, -0.1) is 0 Å². The third-order valence-electron chi connectivity index (χ3n) is 7.29. The zero-order chi connectivity index (χ0) is 20.1. The lowest BCUT2D eigenvalue weighted by molar-refractivity contribution is -0.144. The Morgan fingerprint density at radius 2 is 1.85 bits per heavy atom. The summed E-state index contributed by atoms with van der Waals surface area (Å²) < 4.78 is 0. The first-order valence-corrected chi connectivity index (χ1v) is 9.57. The summed E-state index contributed by atoms with van der Waals surface area (Å²) in [6, 6.07) is 0. The number of carbonyl (C=O) groups excluding carboxylic acids is 3. The van der Waals surface area contributed by atoms with Gasteiger partial charge in [0.05, 0.1) is 6.61 Å². The van der Waals surface area contributed by atoms with Crippen molar-refractivity contribution in [2.45, 2.75) is 52.9 Å². The number of allylic oxidation sites excluding steroid dienone is 4. The van der Waals surface area contributed by atoms with Crippen LogP contribution >= 0.6 is 0 Å². The third kappa shape index (κ3) is 2.92. The fourth-order valence-corrected chi connectivity index (χ4v) is 5.59. The van der Waals surface area contributed by atoms with E-state index in [4.69, 9.17) is 0 Å². The molecule has 5 nitrogen and oxygen atoms in total. The number of aliphatic hydroxyl groups excluding tert-OH is 2. The van der Waals surface area contributed by atoms with Gasteiger partial charge in [-0.2, -0.15) is 0 Å². The Bertz CT molecular complexity index is 798. The van der Waals surface area contributed by atoms with Gasteiger partial charge < -0.3 is 10.2 Å². The van der Waals surface area contributed by atoms with Crippen molar-refractivity contribution in [2.75, 3.05) is 6.61 Å². The van der Waals surface area contributed by atoms with Crippen LogP contribution in [0.2, 0.25) is 0 Å². The molecule has 0 unspecified atom stereocenters. The van der Waals surface area contributed by atoms with Crippen LogP contribution in [0.3, 0.4) is 0 Å². The van der Waals surface area contributed by atoms with Crippen molar-refractivity contribution in [1.82, 2.24) is 0 Å². The largest absolute Gasteiger partial charge is 0.504 e. The van der Waals surface area contributed by atoms with Crippen molar-refractivity contribution in [3.05, 3.63) is 35.1 Å². The minimum Gasteiger partial charge on any atom is -0.504 e. The van der Waals surface area contributed by atoms with Crippen molar-refractivity contribution < 1.29 is 24.6 Å². The van der Waals surface area contributed by atoms with Crippen LogP contribution in [0.5, 0.6) is 0 Å². The number of fused-ring (bicyclic) bond motifs is 1. The quantitative estimate of drug-likeness (QED) is 0.586. The minimum atomic E-state index is -0.686. The first-order chi connectivity index (χ1) is 12.5. The summed E-state index contributed by atoms with van der Waals surface area (Å²) in [6.45, 7) is 9.81. The predicted octanol–water partition coefficient (Wildman–Crippen LogP) is 3.24. The average Bonchev–Trinajstić information content (AvgIpc) is 2.60. The number of carbonyl (C=O) groups is 3. The summed E-state index contributed by atoms with van der Waals surface area (Å²) in [5.74, 6) is -1.31. The highest BCUT2D eigenvalue weighted by Crippen LogP contribution is 2.61. The van der Waals surface area contributed by atoms with Crippen molar-refractivity contribution in [3.63, 3.8) is 0 Å². The lowest BCUT2D eigenvalue weighted by atomic mass is 9.46. The van der Waals surface area contributed by atoms with E-state index in [0.717, 1.165) is 30.9 Å². The molecule has 2 fully saturated rings. The van der Waals surface area contributed by atoms with Crippen LogP contribution in [0.25, 0.3) is 0 Å². The SMILES string of the molecule is C=C1CC[C@H]2C(C)(C)C(=O)CC[C@]2(C)[C@H]1CC1=C(O)C(=O)C(CO)=CC1=O. The van der Waals surface area contributed by atoms with Crippen LogP contribution in [0.1, 0.15) is 52.9 Å². The Hall–Kier alpha value is -2.01. The fraction of sp³-hybridized carbons (Fsp3) is 0.591. The number of rotatable bonds is 3. The van der Waals surface area contributed by atoms with Gasteiger partial charge in [-0.3, -0.25) is 14.4 Å². The van der Waals surface area contributed by atoms with Gasteiger partial charge in [-0.05, 0) is 49.0 Å². The van der Waals surface area contributed by atoms with Crippen LogP contribution in [0.4, 0.5) is 0 Å². The van der Waals surface area contributed by atoms with Crippen LogP contribution in [0, 0.1) is 22.7 Å². The van der Waals surface area contributed by atoms with E-state index in [-0.39, 0.29) is 40.6 Å². The van der Waals surface area contributed by atoms with Crippen molar-refractivity contribution in [1.29, 1.82) is 0 Å². The molecule has 27 heavy (non-hydrogen) atoms. The van der Waals surface area contributed by atoms with Crippen molar-refractivity contribution in [3.8, 4) is 0 Å². The van der Waals surface area contributed by atoms with Crippen molar-refractivity contribution in [2.24, 2.45) is 22.7 Å². The van der Waals surface area contributed by atoms with Crippen LogP contribution < -0.4 is 0 Å². The lowest BCUT2D eigenvalue weighted by Gasteiger charge is -2.57. The molecule has 0 aliphatic heterocycles. The summed E-state index contributed by atoms with van der Waals surface area (Å²) in [5, 5.41) is 19.5. The standard InChI is InChI=1S/C22H28O5/c1-12-5-6-17-21(2,3)18(25)7-8-22(17,4)15(12)10-14-16(24)9-13(11-23)19(26)20(14)27/h9,15,17,23,27H,1,5-8,10-11H2,2-4H3/t15-,17-,22+/m0/s1. The number of hydrogen-bond donors (Lipinski definition) is 2. The van der Waals surface area contributed by atoms with Crippen LogP contribution in [0.15, 0.2) is 35.1 Å². The Morgan fingerprint density at radius 3 is 2.48 bits per heavy atom. The molecule has 0 aromatic rings. The maximum Gasteiger partial charge on any atom is 0.226 e. The molecule has 3 aliphatic carbocycles. The van der Waals surface area contributed by atoms with E-state index < -0.39 is 29.3 Å². The molecule has 0 spiro atoms. The number of Topliss-reactive ketones (excluding diaryl/α,β-unsaturated/α-hetero) is 2. The maximum atomic E-state index is 12.5. The Balaban J connectivity index is 1.97. The van der Waals surface area contributed by atoms with Gasteiger partial charge >= 0.3 is 0 Å². The molecule has 2 saturated carbocycles. The second kappa shape index (κ2) is 6.55. The zero-order valence-corrected chi connectivity index (χ0v) is 16.3. The van der Waals surface area contributed by atoms with Crippen molar-refractivity contribution >= 4 is 17.3 Å². The topological polar surface area (TPSA) is 91.7 Å². The lowest BCUT2D eigenvalue weighted by Crippen LogP contribution is -2.53. The van der Waals surface area contributed by atoms with Gasteiger partial charge in [0.1, 0.15) is 5.78 Å². The normalized spacial score (nSPS) is 33.9. The average molecular weight is 372 g/mol. The molecule has 0 aromatic carbocycles. The molecule has 5 heteroatoms. The smallest absolute Gasteiger partial charge is 0.226 e. The first-order valence-electron chi connectivity index (χ1n) is 9.57. The van der Waals surface area contributed by atoms with Gasteiger partial charge in [0.25, 0.3) is 0 Å². The van der Waals surface area contributed by atoms with E-state index in [1.807, 2.05) is 13.8 Å². The summed E-state index contributed by atoms with van der Waals surface area (Å²) in [4.78, 5) is 37.2. The zero-order valence-electron chi connectivity index (χ0n) is 16.3. The van der Waals surface area contributed by atoms with E-state index in [1.165, 1.54) is 0 Å². The maximum absolute atomic E-state index is 12.5. The van der Waals surface area contributed by atoms with E-state index in [2.05, 4.69) is 13.5 Å². The molecule has 0 radical (unpaired) electrons. The molecular weight excluding hydrogens is 344 g/mol. The van der Waals surface area contributed by atoms with E-state index >= 15 is 0 Å². The highest BCUT2D eigenvalue weighted by molar-refractivity contribution is 6.21. The van der Waals surface area contributed by atoms with E-state index in [1.54, 1.807) is 0 Å². The molecule has 3 rings (SSSR count). The minimum absolute atomic E-state index is 0.0819. The highest BCUT2D eigenvalue weighted by Gasteiger charge is 2.56. The summed E-state index contributed by atoms with van der Waals surface area (Å²) in [5.41, 5.74) is 0.372. The summed E-state index contributed by atoms with van der Waals surface area (Å²) in [7, 11) is 0.